The van der Waals surface area contributed by atoms with Gasteiger partial charge in [-0.15, -0.1) is 11.3 Å². The Bertz CT molecular complexity index is 746. The molecule has 0 aliphatic rings. The molecule has 0 saturated carbocycles. The summed E-state index contributed by atoms with van der Waals surface area (Å²) in [6, 6.07) is 6.45. The van der Waals surface area contributed by atoms with Gasteiger partial charge < -0.3 is 14.4 Å². The van der Waals surface area contributed by atoms with Gasteiger partial charge in [0, 0.05) is 17.5 Å². The molecule has 2 aromatic rings. The second-order valence-corrected chi connectivity index (χ2v) is 6.14. The van der Waals surface area contributed by atoms with Crippen molar-refractivity contribution < 1.29 is 19.2 Å². The highest BCUT2D eigenvalue weighted by Crippen LogP contribution is 2.35. The minimum Gasteiger partial charge on any atom is -0.493 e. The first-order valence-electron chi connectivity index (χ1n) is 7.82. The molecule has 0 aliphatic heterocycles. The van der Waals surface area contributed by atoms with Crippen molar-refractivity contribution in [3.8, 4) is 11.5 Å². The Morgan fingerprint density at radius 1 is 1.32 bits per heavy atom. The van der Waals surface area contributed by atoms with E-state index in [1.54, 1.807) is 11.8 Å². The second kappa shape index (κ2) is 8.48. The van der Waals surface area contributed by atoms with Crippen LogP contribution < -0.4 is 9.47 Å². The number of carbonyl (C=O) groups excluding carboxylic acids is 1. The third-order valence-electron chi connectivity index (χ3n) is 3.60. The van der Waals surface area contributed by atoms with Crippen LogP contribution in [0.2, 0.25) is 0 Å². The number of benzene rings is 1. The molecule has 0 spiro atoms. The van der Waals surface area contributed by atoms with Gasteiger partial charge in [-0.3, -0.25) is 14.9 Å². The van der Waals surface area contributed by atoms with Crippen molar-refractivity contribution in [2.24, 2.45) is 0 Å². The van der Waals surface area contributed by atoms with Gasteiger partial charge in [-0.2, -0.15) is 0 Å². The summed E-state index contributed by atoms with van der Waals surface area (Å²) in [6.07, 6.45) is 0. The maximum absolute atomic E-state index is 12.9. The van der Waals surface area contributed by atoms with E-state index in [-0.39, 0.29) is 17.0 Å². The van der Waals surface area contributed by atoms with Gasteiger partial charge in [0.05, 0.1) is 31.3 Å². The molecule has 0 atom stereocenters. The Labute approximate surface area is 149 Å². The number of carbonyl (C=O) groups is 1. The predicted octanol–water partition coefficient (Wildman–Crippen LogP) is 3.73. The minimum absolute atomic E-state index is 0.00680. The number of thiophene rings is 1. The average molecular weight is 364 g/mol. The second-order valence-electron chi connectivity index (χ2n) is 5.11. The number of rotatable bonds is 8. The van der Waals surface area contributed by atoms with Crippen molar-refractivity contribution in [2.75, 3.05) is 20.3 Å². The molecule has 0 bridgehead atoms. The number of nitro groups is 1. The van der Waals surface area contributed by atoms with Gasteiger partial charge in [-0.25, -0.2) is 0 Å². The number of nitrogens with zero attached hydrogens (tertiary/aromatic N) is 2. The number of hydrogen-bond acceptors (Lipinski definition) is 6. The van der Waals surface area contributed by atoms with E-state index in [1.807, 2.05) is 24.4 Å². The Morgan fingerprint density at radius 3 is 2.60 bits per heavy atom. The lowest BCUT2D eigenvalue weighted by Crippen LogP contribution is -2.30. The van der Waals surface area contributed by atoms with Gasteiger partial charge >= 0.3 is 0 Å². The summed E-state index contributed by atoms with van der Waals surface area (Å²) in [5.74, 6) is 0.128. The summed E-state index contributed by atoms with van der Waals surface area (Å²) >= 11 is 1.53. The summed E-state index contributed by atoms with van der Waals surface area (Å²) in [5, 5.41) is 13.4. The van der Waals surface area contributed by atoms with Crippen molar-refractivity contribution in [1.82, 2.24) is 4.90 Å². The van der Waals surface area contributed by atoms with Crippen molar-refractivity contribution in [2.45, 2.75) is 20.4 Å². The van der Waals surface area contributed by atoms with E-state index < -0.39 is 10.8 Å². The van der Waals surface area contributed by atoms with Crippen LogP contribution in [0.3, 0.4) is 0 Å². The highest BCUT2D eigenvalue weighted by molar-refractivity contribution is 7.09. The molecule has 0 unspecified atom stereocenters. The molecule has 0 radical (unpaired) electrons. The van der Waals surface area contributed by atoms with Crippen molar-refractivity contribution >= 4 is 22.9 Å². The third-order valence-corrected chi connectivity index (χ3v) is 4.47. The molecule has 2 rings (SSSR count). The maximum atomic E-state index is 12.9. The Kier molecular flexibility index (Phi) is 6.35. The van der Waals surface area contributed by atoms with Gasteiger partial charge in [-0.05, 0) is 25.3 Å². The summed E-state index contributed by atoms with van der Waals surface area (Å²) in [6.45, 7) is 4.82. The molecule has 1 aromatic heterocycles. The van der Waals surface area contributed by atoms with Crippen LogP contribution in [0.1, 0.15) is 29.1 Å². The average Bonchev–Trinajstić information content (AvgIpc) is 3.12. The van der Waals surface area contributed by atoms with Crippen LogP contribution in [0.15, 0.2) is 29.6 Å². The van der Waals surface area contributed by atoms with Crippen molar-refractivity contribution in [3.63, 3.8) is 0 Å². The normalized spacial score (nSPS) is 10.4. The lowest BCUT2D eigenvalue weighted by molar-refractivity contribution is -0.385. The molecule has 134 valence electrons. The Hall–Kier alpha value is -2.61. The monoisotopic (exact) mass is 364 g/mol. The van der Waals surface area contributed by atoms with E-state index in [2.05, 4.69) is 0 Å². The Morgan fingerprint density at radius 2 is 2.08 bits per heavy atom. The number of ether oxygens (including phenoxy) is 2. The molecule has 1 aromatic carbocycles. The number of methoxy groups -OCH3 is 1. The molecule has 0 saturated heterocycles. The van der Waals surface area contributed by atoms with E-state index in [9.17, 15) is 14.9 Å². The minimum atomic E-state index is -0.579. The van der Waals surface area contributed by atoms with Gasteiger partial charge in [0.1, 0.15) is 5.56 Å². The molecule has 1 amide bonds. The fourth-order valence-corrected chi connectivity index (χ4v) is 3.11. The quantitative estimate of drug-likeness (QED) is 0.526. The number of hydrogen-bond donors (Lipinski definition) is 0. The lowest BCUT2D eigenvalue weighted by atomic mass is 10.1. The zero-order valence-corrected chi connectivity index (χ0v) is 15.2. The van der Waals surface area contributed by atoms with Crippen LogP contribution in [-0.4, -0.2) is 36.0 Å². The molecule has 25 heavy (non-hydrogen) atoms. The van der Waals surface area contributed by atoms with Gasteiger partial charge in [0.2, 0.25) is 0 Å². The molecule has 0 N–H and O–H groups in total. The summed E-state index contributed by atoms with van der Waals surface area (Å²) in [7, 11) is 1.40. The first kappa shape index (κ1) is 18.7. The molecular formula is C17H20N2O5S. The Balaban J connectivity index is 2.44. The fraction of sp³-hybridized carbons (Fsp3) is 0.353. The first-order chi connectivity index (χ1) is 12.0. The smallest absolute Gasteiger partial charge is 0.286 e. The summed E-state index contributed by atoms with van der Waals surface area (Å²) < 4.78 is 10.6. The van der Waals surface area contributed by atoms with Crippen LogP contribution in [0.4, 0.5) is 5.69 Å². The van der Waals surface area contributed by atoms with Crippen LogP contribution in [0, 0.1) is 10.1 Å². The van der Waals surface area contributed by atoms with E-state index in [0.29, 0.717) is 25.4 Å². The van der Waals surface area contributed by atoms with Gasteiger partial charge in [-0.1, -0.05) is 6.07 Å². The van der Waals surface area contributed by atoms with E-state index >= 15 is 0 Å². The topological polar surface area (TPSA) is 81.9 Å². The highest BCUT2D eigenvalue weighted by Gasteiger charge is 2.27. The van der Waals surface area contributed by atoms with Crippen LogP contribution in [0.5, 0.6) is 11.5 Å². The lowest BCUT2D eigenvalue weighted by Gasteiger charge is -2.21. The van der Waals surface area contributed by atoms with Crippen molar-refractivity contribution in [3.05, 3.63) is 50.2 Å². The summed E-state index contributed by atoms with van der Waals surface area (Å²) in [5.41, 5.74) is -0.303. The van der Waals surface area contributed by atoms with E-state index in [1.165, 1.54) is 30.6 Å². The first-order valence-corrected chi connectivity index (χ1v) is 8.70. The number of nitro benzene ring substituents is 1. The van der Waals surface area contributed by atoms with Gasteiger partial charge in [0.15, 0.2) is 11.5 Å². The summed E-state index contributed by atoms with van der Waals surface area (Å²) in [4.78, 5) is 26.3. The number of amides is 1. The standard InChI is InChI=1S/C17H20N2O5S/c1-4-18(11-12-7-6-8-25-12)17(20)13-9-16(24-5-2)15(23-3)10-14(13)19(21)22/h6-10H,4-5,11H2,1-3H3. The van der Waals surface area contributed by atoms with Crippen LogP contribution in [0.25, 0.3) is 0 Å². The SMILES string of the molecule is CCOc1cc(C(=O)N(CC)Cc2cccs2)c([N+](=O)[O-])cc1OC. The predicted molar refractivity (Wildman–Crippen MR) is 95.6 cm³/mol. The molecule has 7 nitrogen and oxygen atoms in total. The molecule has 0 aliphatic carbocycles. The fourth-order valence-electron chi connectivity index (χ4n) is 2.39. The van der Waals surface area contributed by atoms with Gasteiger partial charge in [0.25, 0.3) is 11.6 Å². The molecule has 1 heterocycles. The zero-order valence-electron chi connectivity index (χ0n) is 14.4. The van der Waals surface area contributed by atoms with E-state index in [0.717, 1.165) is 4.88 Å². The van der Waals surface area contributed by atoms with Crippen LogP contribution >= 0.6 is 11.3 Å². The zero-order chi connectivity index (χ0) is 18.4. The van der Waals surface area contributed by atoms with E-state index in [4.69, 9.17) is 9.47 Å². The molecule has 0 fully saturated rings. The largest absolute Gasteiger partial charge is 0.493 e. The third kappa shape index (κ3) is 4.27. The highest BCUT2D eigenvalue weighted by atomic mass is 32.1. The maximum Gasteiger partial charge on any atom is 0.286 e. The molecular weight excluding hydrogens is 344 g/mol. The van der Waals surface area contributed by atoms with Crippen LogP contribution in [-0.2, 0) is 6.54 Å². The van der Waals surface area contributed by atoms with Crippen molar-refractivity contribution in [1.29, 1.82) is 0 Å². The molecule has 8 heteroatoms.